The van der Waals surface area contributed by atoms with E-state index in [-0.39, 0.29) is 17.3 Å². The van der Waals surface area contributed by atoms with Crippen LogP contribution >= 0.6 is 0 Å². The average Bonchev–Trinajstić information content (AvgIpc) is 3.38. The van der Waals surface area contributed by atoms with Gasteiger partial charge >= 0.3 is 0 Å². The van der Waals surface area contributed by atoms with Gasteiger partial charge in [0.05, 0.1) is 24.7 Å². The molecule has 0 radical (unpaired) electrons. The molecule has 0 bridgehead atoms. The first kappa shape index (κ1) is 17.0. The number of rotatable bonds is 6. The quantitative estimate of drug-likeness (QED) is 0.824. The molecule has 1 aromatic rings. The molecule has 7 nitrogen and oxygen atoms in total. The lowest BCUT2D eigenvalue weighted by atomic mass is 10.3. The van der Waals surface area contributed by atoms with Gasteiger partial charge in [-0.2, -0.15) is 4.31 Å². The summed E-state index contributed by atoms with van der Waals surface area (Å²) in [4.78, 5) is 12.0. The van der Waals surface area contributed by atoms with E-state index in [4.69, 9.17) is 9.47 Å². The van der Waals surface area contributed by atoms with E-state index >= 15 is 0 Å². The van der Waals surface area contributed by atoms with E-state index in [0.29, 0.717) is 37.2 Å². The molecule has 0 spiro atoms. The van der Waals surface area contributed by atoms with E-state index in [2.05, 4.69) is 5.32 Å². The summed E-state index contributed by atoms with van der Waals surface area (Å²) in [5.41, 5.74) is 0. The molecule has 1 saturated carbocycles. The van der Waals surface area contributed by atoms with E-state index < -0.39 is 10.0 Å². The smallest absolute Gasteiger partial charge is 0.243 e. The first-order valence-corrected chi connectivity index (χ1v) is 9.53. The zero-order chi connectivity index (χ0) is 17.2. The number of amides is 1. The van der Waals surface area contributed by atoms with Gasteiger partial charge in [0.15, 0.2) is 11.5 Å². The molecule has 1 N–H and O–H groups in total. The molecular formula is C16H22N2O5S. The van der Waals surface area contributed by atoms with Crippen LogP contribution in [-0.2, 0) is 14.8 Å². The second-order valence-electron chi connectivity index (χ2n) is 6.17. The highest BCUT2D eigenvalue weighted by Crippen LogP contribution is 2.32. The van der Waals surface area contributed by atoms with E-state index in [1.807, 2.05) is 0 Å². The topological polar surface area (TPSA) is 84.9 Å². The summed E-state index contributed by atoms with van der Waals surface area (Å²) in [5, 5.41) is 2.77. The van der Waals surface area contributed by atoms with Crippen LogP contribution in [0.1, 0.15) is 19.3 Å². The van der Waals surface area contributed by atoms with Crippen LogP contribution in [0.15, 0.2) is 23.1 Å². The number of likely N-dealkylation sites (N-methyl/N-ethyl adjacent to an activating group) is 1. The van der Waals surface area contributed by atoms with Crippen molar-refractivity contribution in [1.82, 2.24) is 9.62 Å². The summed E-state index contributed by atoms with van der Waals surface area (Å²) in [6.45, 7) is 1.44. The van der Waals surface area contributed by atoms with E-state index in [0.717, 1.165) is 23.6 Å². The molecule has 1 aliphatic heterocycles. The summed E-state index contributed by atoms with van der Waals surface area (Å²) >= 11 is 0. The van der Waals surface area contributed by atoms with Crippen molar-refractivity contribution in [2.24, 2.45) is 5.92 Å². The summed E-state index contributed by atoms with van der Waals surface area (Å²) in [7, 11) is -2.37. The number of fused-ring (bicyclic) bond motifs is 1. The normalized spacial score (nSPS) is 17.4. The van der Waals surface area contributed by atoms with Gasteiger partial charge < -0.3 is 14.8 Å². The molecule has 0 saturated heterocycles. The number of hydrogen-bond acceptors (Lipinski definition) is 5. The maximum atomic E-state index is 12.6. The van der Waals surface area contributed by atoms with Crippen LogP contribution in [0.2, 0.25) is 0 Å². The predicted octanol–water partition coefficient (Wildman–Crippen LogP) is 0.995. The lowest BCUT2D eigenvalue weighted by Crippen LogP contribution is -2.39. The van der Waals surface area contributed by atoms with Crippen LogP contribution < -0.4 is 14.8 Å². The molecule has 1 heterocycles. The molecule has 1 aliphatic carbocycles. The van der Waals surface area contributed by atoms with Gasteiger partial charge in [-0.05, 0) is 30.9 Å². The van der Waals surface area contributed by atoms with E-state index in [9.17, 15) is 13.2 Å². The molecule has 0 atom stereocenters. The minimum absolute atomic E-state index is 0.0873. The summed E-state index contributed by atoms with van der Waals surface area (Å²) in [6.07, 6.45) is 3.01. The molecule has 0 aromatic heterocycles. The Labute approximate surface area is 142 Å². The molecule has 1 aromatic carbocycles. The Balaban J connectivity index is 1.69. The summed E-state index contributed by atoms with van der Waals surface area (Å²) in [6, 6.07) is 4.52. The number of nitrogens with one attached hydrogen (secondary N) is 1. The number of benzene rings is 1. The fourth-order valence-electron chi connectivity index (χ4n) is 2.41. The highest BCUT2D eigenvalue weighted by molar-refractivity contribution is 7.89. The highest BCUT2D eigenvalue weighted by atomic mass is 32.2. The van der Waals surface area contributed by atoms with Crippen molar-refractivity contribution in [2.45, 2.75) is 24.2 Å². The third-order valence-corrected chi connectivity index (χ3v) is 5.88. The Morgan fingerprint density at radius 3 is 2.67 bits per heavy atom. The van der Waals surface area contributed by atoms with Crippen molar-refractivity contribution in [3.05, 3.63) is 18.2 Å². The van der Waals surface area contributed by atoms with Gasteiger partial charge in [-0.15, -0.1) is 0 Å². The molecule has 2 aliphatic rings. The van der Waals surface area contributed by atoms with Gasteiger partial charge in [0.1, 0.15) is 0 Å². The van der Waals surface area contributed by atoms with Crippen molar-refractivity contribution >= 4 is 15.9 Å². The minimum atomic E-state index is -3.77. The second-order valence-corrected chi connectivity index (χ2v) is 8.21. The van der Waals surface area contributed by atoms with Crippen LogP contribution in [0.25, 0.3) is 0 Å². The number of carbonyl (C=O) groups excluding carboxylic acids is 1. The van der Waals surface area contributed by atoms with Gasteiger partial charge in [-0.3, -0.25) is 4.79 Å². The van der Waals surface area contributed by atoms with Crippen molar-refractivity contribution in [1.29, 1.82) is 0 Å². The standard InChI is InChI=1S/C16H22N2O5S/c1-18(11-16(19)17-10-12-3-4-12)24(20,21)13-5-6-14-15(9-13)23-8-2-7-22-14/h5-6,9,12H,2-4,7-8,10-11H2,1H3,(H,17,19). The number of nitrogens with zero attached hydrogens (tertiary/aromatic N) is 1. The van der Waals surface area contributed by atoms with Crippen LogP contribution in [0.4, 0.5) is 0 Å². The summed E-state index contributed by atoms with van der Waals surface area (Å²) < 4.78 is 37.4. The molecule has 0 unspecified atom stereocenters. The molecular weight excluding hydrogens is 332 g/mol. The van der Waals surface area contributed by atoms with Gasteiger partial charge in [0, 0.05) is 26.1 Å². The SMILES string of the molecule is CN(CC(=O)NCC1CC1)S(=O)(=O)c1ccc2c(c1)OCCCO2. The Kier molecular flexibility index (Phi) is 4.96. The lowest BCUT2D eigenvalue weighted by molar-refractivity contribution is -0.121. The number of ether oxygens (including phenoxy) is 2. The van der Waals surface area contributed by atoms with Crippen LogP contribution in [0.3, 0.4) is 0 Å². The van der Waals surface area contributed by atoms with Crippen molar-refractivity contribution in [2.75, 3.05) is 33.4 Å². The van der Waals surface area contributed by atoms with Crippen LogP contribution in [0.5, 0.6) is 11.5 Å². The minimum Gasteiger partial charge on any atom is -0.490 e. The third-order valence-electron chi connectivity index (χ3n) is 4.08. The average molecular weight is 354 g/mol. The van der Waals surface area contributed by atoms with Crippen molar-refractivity contribution in [3.63, 3.8) is 0 Å². The Morgan fingerprint density at radius 1 is 1.25 bits per heavy atom. The van der Waals surface area contributed by atoms with Gasteiger partial charge in [0.25, 0.3) is 0 Å². The lowest BCUT2D eigenvalue weighted by Gasteiger charge is -2.18. The predicted molar refractivity (Wildman–Crippen MR) is 87.6 cm³/mol. The van der Waals surface area contributed by atoms with Crippen LogP contribution in [-0.4, -0.2) is 52.0 Å². The second kappa shape index (κ2) is 6.98. The molecule has 24 heavy (non-hydrogen) atoms. The number of sulfonamides is 1. The van der Waals surface area contributed by atoms with Gasteiger partial charge in [-0.25, -0.2) is 8.42 Å². The summed E-state index contributed by atoms with van der Waals surface area (Å²) in [5.74, 6) is 1.22. The zero-order valence-electron chi connectivity index (χ0n) is 13.7. The zero-order valence-corrected chi connectivity index (χ0v) is 14.5. The Morgan fingerprint density at radius 2 is 1.96 bits per heavy atom. The highest BCUT2D eigenvalue weighted by Gasteiger charge is 2.26. The first-order valence-electron chi connectivity index (χ1n) is 8.09. The van der Waals surface area contributed by atoms with Gasteiger partial charge in [-0.1, -0.05) is 0 Å². The first-order chi connectivity index (χ1) is 11.5. The maximum absolute atomic E-state index is 12.6. The Hall–Kier alpha value is -1.80. The van der Waals surface area contributed by atoms with Crippen molar-refractivity contribution < 1.29 is 22.7 Å². The number of hydrogen-bond donors (Lipinski definition) is 1. The maximum Gasteiger partial charge on any atom is 0.243 e. The fourth-order valence-corrected chi connectivity index (χ4v) is 3.55. The fraction of sp³-hybridized carbons (Fsp3) is 0.562. The molecule has 3 rings (SSSR count). The third kappa shape index (κ3) is 3.99. The Bertz CT molecular complexity index is 715. The van der Waals surface area contributed by atoms with Crippen LogP contribution in [0, 0.1) is 5.92 Å². The number of carbonyl (C=O) groups is 1. The van der Waals surface area contributed by atoms with E-state index in [1.54, 1.807) is 6.07 Å². The largest absolute Gasteiger partial charge is 0.490 e. The van der Waals surface area contributed by atoms with Crippen molar-refractivity contribution in [3.8, 4) is 11.5 Å². The monoisotopic (exact) mass is 354 g/mol. The molecule has 8 heteroatoms. The van der Waals surface area contributed by atoms with E-state index in [1.165, 1.54) is 19.2 Å². The molecule has 132 valence electrons. The molecule has 1 fully saturated rings. The molecule has 1 amide bonds. The van der Waals surface area contributed by atoms with Gasteiger partial charge in [0.2, 0.25) is 15.9 Å².